The van der Waals surface area contributed by atoms with E-state index >= 15 is 0 Å². The first-order valence-electron chi connectivity index (χ1n) is 8.51. The van der Waals surface area contributed by atoms with E-state index in [1.165, 1.54) is 6.42 Å². The van der Waals surface area contributed by atoms with Crippen LogP contribution in [0.1, 0.15) is 44.6 Å². The standard InChI is InChI=1S/C18H25N3O3/c1-2-24-16-10-8-14(9-11-16)12-20-21-17(22)13-19-18(23)15-6-4-3-5-7-15/h8-12,15H,2-7,13H2,1H3,(H,19,23)(H,21,22)/b20-12+. The number of hydrogen-bond donors (Lipinski definition) is 2. The van der Waals surface area contributed by atoms with E-state index in [-0.39, 0.29) is 24.3 Å². The van der Waals surface area contributed by atoms with Gasteiger partial charge in [0, 0.05) is 5.92 Å². The van der Waals surface area contributed by atoms with Gasteiger partial charge in [0.25, 0.3) is 5.91 Å². The van der Waals surface area contributed by atoms with Gasteiger partial charge in [-0.2, -0.15) is 5.10 Å². The molecule has 1 aliphatic rings. The molecule has 0 aromatic heterocycles. The summed E-state index contributed by atoms with van der Waals surface area (Å²) in [6.45, 7) is 2.50. The van der Waals surface area contributed by atoms with Crippen molar-refractivity contribution in [1.82, 2.24) is 10.7 Å². The summed E-state index contributed by atoms with van der Waals surface area (Å²) in [7, 11) is 0. The summed E-state index contributed by atoms with van der Waals surface area (Å²) in [5.74, 6) is 0.490. The maximum atomic E-state index is 11.9. The maximum Gasteiger partial charge on any atom is 0.259 e. The van der Waals surface area contributed by atoms with E-state index in [1.54, 1.807) is 6.21 Å². The molecule has 24 heavy (non-hydrogen) atoms. The van der Waals surface area contributed by atoms with Crippen molar-refractivity contribution in [3.63, 3.8) is 0 Å². The molecule has 0 bridgehead atoms. The third-order valence-electron chi connectivity index (χ3n) is 3.99. The zero-order valence-electron chi connectivity index (χ0n) is 14.1. The molecule has 6 nitrogen and oxygen atoms in total. The third-order valence-corrected chi connectivity index (χ3v) is 3.99. The number of carbonyl (C=O) groups excluding carboxylic acids is 2. The molecular formula is C18H25N3O3. The van der Waals surface area contributed by atoms with Crippen molar-refractivity contribution in [1.29, 1.82) is 0 Å². The first kappa shape index (κ1) is 18.0. The van der Waals surface area contributed by atoms with E-state index in [1.807, 2.05) is 31.2 Å². The molecule has 1 saturated carbocycles. The minimum absolute atomic E-state index is 0.0275. The van der Waals surface area contributed by atoms with Crippen LogP contribution in [0.25, 0.3) is 0 Å². The van der Waals surface area contributed by atoms with Crippen molar-refractivity contribution < 1.29 is 14.3 Å². The minimum Gasteiger partial charge on any atom is -0.494 e. The van der Waals surface area contributed by atoms with E-state index in [0.717, 1.165) is 37.0 Å². The van der Waals surface area contributed by atoms with Crippen molar-refractivity contribution >= 4 is 18.0 Å². The van der Waals surface area contributed by atoms with Gasteiger partial charge in [-0.3, -0.25) is 9.59 Å². The van der Waals surface area contributed by atoms with Crippen LogP contribution >= 0.6 is 0 Å². The lowest BCUT2D eigenvalue weighted by Crippen LogP contribution is -2.38. The van der Waals surface area contributed by atoms with Crippen LogP contribution in [0, 0.1) is 5.92 Å². The number of hydrogen-bond acceptors (Lipinski definition) is 4. The van der Waals surface area contributed by atoms with E-state index in [2.05, 4.69) is 15.8 Å². The normalized spacial score (nSPS) is 15.2. The highest BCUT2D eigenvalue weighted by molar-refractivity contribution is 5.87. The van der Waals surface area contributed by atoms with Gasteiger partial charge in [0.1, 0.15) is 5.75 Å². The Morgan fingerprint density at radius 2 is 1.92 bits per heavy atom. The van der Waals surface area contributed by atoms with Crippen molar-refractivity contribution in [3.8, 4) is 5.75 Å². The number of hydrazone groups is 1. The molecule has 1 aliphatic carbocycles. The lowest BCUT2D eigenvalue weighted by molar-refractivity contribution is -0.129. The SMILES string of the molecule is CCOc1ccc(/C=N/NC(=O)CNC(=O)C2CCCCC2)cc1. The highest BCUT2D eigenvalue weighted by atomic mass is 16.5. The quantitative estimate of drug-likeness (QED) is 0.594. The second-order valence-corrected chi connectivity index (χ2v) is 5.85. The van der Waals surface area contributed by atoms with Crippen molar-refractivity contribution in [3.05, 3.63) is 29.8 Å². The summed E-state index contributed by atoms with van der Waals surface area (Å²) >= 11 is 0. The van der Waals surface area contributed by atoms with Crippen molar-refractivity contribution in [2.24, 2.45) is 11.0 Å². The Balaban J connectivity index is 1.69. The van der Waals surface area contributed by atoms with Crippen LogP contribution in [0.3, 0.4) is 0 Å². The molecule has 0 heterocycles. The van der Waals surface area contributed by atoms with Crippen LogP contribution in [-0.4, -0.2) is 31.2 Å². The van der Waals surface area contributed by atoms with Gasteiger partial charge in [-0.05, 0) is 49.6 Å². The van der Waals surface area contributed by atoms with Gasteiger partial charge >= 0.3 is 0 Å². The smallest absolute Gasteiger partial charge is 0.259 e. The fraction of sp³-hybridized carbons (Fsp3) is 0.500. The Morgan fingerprint density at radius 3 is 2.58 bits per heavy atom. The Labute approximate surface area is 142 Å². The molecule has 0 saturated heterocycles. The Kier molecular flexibility index (Phi) is 7.26. The highest BCUT2D eigenvalue weighted by Crippen LogP contribution is 2.23. The Morgan fingerprint density at radius 1 is 1.21 bits per heavy atom. The molecule has 0 aliphatic heterocycles. The van der Waals surface area contributed by atoms with Gasteiger partial charge in [0.05, 0.1) is 19.4 Å². The molecule has 2 amide bonds. The molecule has 1 fully saturated rings. The average molecular weight is 331 g/mol. The number of benzene rings is 1. The molecule has 0 unspecified atom stereocenters. The summed E-state index contributed by atoms with van der Waals surface area (Å²) in [4.78, 5) is 23.6. The lowest BCUT2D eigenvalue weighted by atomic mass is 9.89. The van der Waals surface area contributed by atoms with Crippen LogP contribution in [0.15, 0.2) is 29.4 Å². The van der Waals surface area contributed by atoms with E-state index in [0.29, 0.717) is 6.61 Å². The van der Waals surface area contributed by atoms with E-state index in [4.69, 9.17) is 4.74 Å². The van der Waals surface area contributed by atoms with Crippen LogP contribution < -0.4 is 15.5 Å². The van der Waals surface area contributed by atoms with Gasteiger partial charge in [-0.25, -0.2) is 5.43 Å². The molecule has 130 valence electrons. The number of nitrogens with one attached hydrogen (secondary N) is 2. The Bertz CT molecular complexity index is 563. The molecule has 1 aromatic carbocycles. The molecule has 0 atom stereocenters. The third kappa shape index (κ3) is 6.02. The summed E-state index contributed by atoms with van der Waals surface area (Å²) in [5.41, 5.74) is 3.27. The number of carbonyl (C=O) groups is 2. The van der Waals surface area contributed by atoms with Gasteiger partial charge in [-0.1, -0.05) is 19.3 Å². The zero-order chi connectivity index (χ0) is 17.2. The molecule has 6 heteroatoms. The topological polar surface area (TPSA) is 79.8 Å². The average Bonchev–Trinajstić information content (AvgIpc) is 2.62. The fourth-order valence-electron chi connectivity index (χ4n) is 2.71. The fourth-order valence-corrected chi connectivity index (χ4v) is 2.71. The Hall–Kier alpha value is -2.37. The number of ether oxygens (including phenoxy) is 1. The van der Waals surface area contributed by atoms with Crippen molar-refractivity contribution in [2.75, 3.05) is 13.2 Å². The number of rotatable bonds is 7. The first-order valence-corrected chi connectivity index (χ1v) is 8.51. The number of nitrogens with zero attached hydrogens (tertiary/aromatic N) is 1. The molecule has 0 radical (unpaired) electrons. The molecule has 2 N–H and O–H groups in total. The van der Waals surface area contributed by atoms with Crippen LogP contribution in [0.5, 0.6) is 5.75 Å². The van der Waals surface area contributed by atoms with E-state index < -0.39 is 0 Å². The van der Waals surface area contributed by atoms with Crippen molar-refractivity contribution in [2.45, 2.75) is 39.0 Å². The maximum absolute atomic E-state index is 11.9. The summed E-state index contributed by atoms with van der Waals surface area (Å²) < 4.78 is 5.35. The van der Waals surface area contributed by atoms with Crippen LogP contribution in [-0.2, 0) is 9.59 Å². The second-order valence-electron chi connectivity index (χ2n) is 5.85. The van der Waals surface area contributed by atoms with E-state index in [9.17, 15) is 9.59 Å². The summed E-state index contributed by atoms with van der Waals surface area (Å²) in [6, 6.07) is 7.39. The van der Waals surface area contributed by atoms with Gasteiger partial charge in [-0.15, -0.1) is 0 Å². The molecular weight excluding hydrogens is 306 g/mol. The van der Waals surface area contributed by atoms with Gasteiger partial charge in [0.15, 0.2) is 0 Å². The summed E-state index contributed by atoms with van der Waals surface area (Å²) in [6.07, 6.45) is 6.78. The zero-order valence-corrected chi connectivity index (χ0v) is 14.1. The summed E-state index contributed by atoms with van der Waals surface area (Å²) in [5, 5.41) is 6.57. The first-order chi connectivity index (χ1) is 11.7. The largest absolute Gasteiger partial charge is 0.494 e. The molecule has 1 aromatic rings. The molecule has 0 spiro atoms. The van der Waals surface area contributed by atoms with Crippen LogP contribution in [0.2, 0.25) is 0 Å². The lowest BCUT2D eigenvalue weighted by Gasteiger charge is -2.20. The predicted octanol–water partition coefficient (Wildman–Crippen LogP) is 2.23. The van der Waals surface area contributed by atoms with Gasteiger partial charge < -0.3 is 10.1 Å². The predicted molar refractivity (Wildman–Crippen MR) is 92.9 cm³/mol. The second kappa shape index (κ2) is 9.70. The molecule has 2 rings (SSSR count). The number of amides is 2. The minimum atomic E-state index is -0.332. The van der Waals surface area contributed by atoms with Gasteiger partial charge in [0.2, 0.25) is 5.91 Å². The highest BCUT2D eigenvalue weighted by Gasteiger charge is 2.21. The monoisotopic (exact) mass is 331 g/mol. The van der Waals surface area contributed by atoms with Crippen LogP contribution in [0.4, 0.5) is 0 Å².